The van der Waals surface area contributed by atoms with E-state index < -0.39 is 0 Å². The highest BCUT2D eigenvalue weighted by Gasteiger charge is 2.12. The van der Waals surface area contributed by atoms with Crippen LogP contribution in [0.3, 0.4) is 0 Å². The number of amides is 1. The molecule has 1 unspecified atom stereocenters. The lowest BCUT2D eigenvalue weighted by atomic mass is 10.0. The van der Waals surface area contributed by atoms with Gasteiger partial charge in [0.25, 0.3) is 0 Å². The molecule has 1 aliphatic rings. The summed E-state index contributed by atoms with van der Waals surface area (Å²) in [6, 6.07) is 8.74. The Kier molecular flexibility index (Phi) is 5.40. The van der Waals surface area contributed by atoms with E-state index in [2.05, 4.69) is 29.7 Å². The minimum absolute atomic E-state index is 0.125. The molecule has 2 rings (SSSR count). The van der Waals surface area contributed by atoms with Crippen LogP contribution in [0, 0.1) is 6.92 Å². The first-order chi connectivity index (χ1) is 9.24. The maximum Gasteiger partial charge on any atom is 0.224 e. The highest BCUT2D eigenvalue weighted by molar-refractivity contribution is 5.78. The van der Waals surface area contributed by atoms with Gasteiger partial charge in [0.05, 0.1) is 6.42 Å². The van der Waals surface area contributed by atoms with Gasteiger partial charge in [0.2, 0.25) is 5.91 Å². The molecule has 3 nitrogen and oxygen atoms in total. The summed E-state index contributed by atoms with van der Waals surface area (Å²) in [6.07, 6.45) is 5.37. The Balaban J connectivity index is 1.65. The van der Waals surface area contributed by atoms with Gasteiger partial charge in [0.15, 0.2) is 0 Å². The second-order valence-electron chi connectivity index (χ2n) is 5.45. The van der Waals surface area contributed by atoms with Gasteiger partial charge in [-0.2, -0.15) is 0 Å². The molecule has 1 aliphatic heterocycles. The Labute approximate surface area is 115 Å². The number of benzene rings is 1. The molecule has 0 spiro atoms. The molecule has 1 aromatic rings. The minimum atomic E-state index is 0.125. The topological polar surface area (TPSA) is 41.1 Å². The van der Waals surface area contributed by atoms with Crippen molar-refractivity contribution in [3.8, 4) is 0 Å². The van der Waals surface area contributed by atoms with Crippen LogP contribution in [0.4, 0.5) is 0 Å². The molecule has 1 fully saturated rings. The second kappa shape index (κ2) is 7.29. The van der Waals surface area contributed by atoms with E-state index in [4.69, 9.17) is 0 Å². The second-order valence-corrected chi connectivity index (χ2v) is 5.45. The summed E-state index contributed by atoms with van der Waals surface area (Å²) < 4.78 is 0. The third kappa shape index (κ3) is 5.03. The molecule has 0 aromatic heterocycles. The predicted octanol–water partition coefficient (Wildman–Crippen LogP) is 2.19. The number of hydrogen-bond donors (Lipinski definition) is 2. The normalized spacial score (nSPS) is 19.1. The zero-order valence-corrected chi connectivity index (χ0v) is 11.7. The van der Waals surface area contributed by atoms with Crippen molar-refractivity contribution in [1.82, 2.24) is 10.6 Å². The van der Waals surface area contributed by atoms with Crippen LogP contribution in [0.2, 0.25) is 0 Å². The average molecular weight is 260 g/mol. The maximum absolute atomic E-state index is 11.8. The highest BCUT2D eigenvalue weighted by Crippen LogP contribution is 2.09. The molecule has 1 amide bonds. The molecule has 1 heterocycles. The van der Waals surface area contributed by atoms with Gasteiger partial charge < -0.3 is 10.6 Å². The van der Waals surface area contributed by atoms with Crippen molar-refractivity contribution in [2.45, 2.75) is 45.1 Å². The number of piperidine rings is 1. The Morgan fingerprint density at radius 3 is 2.79 bits per heavy atom. The van der Waals surface area contributed by atoms with Crippen LogP contribution in [0.15, 0.2) is 24.3 Å². The van der Waals surface area contributed by atoms with E-state index in [-0.39, 0.29) is 5.91 Å². The molecular formula is C16H24N2O. The molecule has 0 aliphatic carbocycles. The molecule has 1 atom stereocenters. The maximum atomic E-state index is 11.8. The lowest BCUT2D eigenvalue weighted by molar-refractivity contribution is -0.120. The molecule has 1 aromatic carbocycles. The van der Waals surface area contributed by atoms with Crippen LogP contribution in [0.5, 0.6) is 0 Å². The van der Waals surface area contributed by atoms with E-state index in [1.165, 1.54) is 24.8 Å². The Morgan fingerprint density at radius 1 is 1.32 bits per heavy atom. The van der Waals surface area contributed by atoms with Crippen LogP contribution >= 0.6 is 0 Å². The van der Waals surface area contributed by atoms with Gasteiger partial charge in [-0.1, -0.05) is 36.2 Å². The zero-order valence-electron chi connectivity index (χ0n) is 11.7. The molecule has 104 valence electrons. The summed E-state index contributed by atoms with van der Waals surface area (Å²) in [5, 5.41) is 6.51. The van der Waals surface area contributed by atoms with E-state index in [1.54, 1.807) is 0 Å². The smallest absolute Gasteiger partial charge is 0.224 e. The van der Waals surface area contributed by atoms with Crippen LogP contribution in [0.1, 0.15) is 36.8 Å². The molecule has 2 N–H and O–H groups in total. The lowest BCUT2D eigenvalue weighted by Gasteiger charge is -2.23. The number of carbonyl (C=O) groups is 1. The van der Waals surface area contributed by atoms with Crippen molar-refractivity contribution < 1.29 is 4.79 Å². The van der Waals surface area contributed by atoms with E-state index in [0.717, 1.165) is 25.1 Å². The van der Waals surface area contributed by atoms with Gasteiger partial charge in [-0.25, -0.2) is 0 Å². The number of hydrogen-bond acceptors (Lipinski definition) is 2. The molecule has 0 saturated carbocycles. The van der Waals surface area contributed by atoms with E-state index >= 15 is 0 Å². The predicted molar refractivity (Wildman–Crippen MR) is 78.2 cm³/mol. The van der Waals surface area contributed by atoms with Crippen LogP contribution in [0.25, 0.3) is 0 Å². The molecule has 3 heteroatoms. The van der Waals surface area contributed by atoms with Crippen molar-refractivity contribution in [3.63, 3.8) is 0 Å². The van der Waals surface area contributed by atoms with Crippen molar-refractivity contribution in [2.24, 2.45) is 0 Å². The molecule has 0 bridgehead atoms. The van der Waals surface area contributed by atoms with E-state index in [1.807, 2.05) is 12.1 Å². The van der Waals surface area contributed by atoms with Crippen LogP contribution < -0.4 is 10.6 Å². The fraction of sp³-hybridized carbons (Fsp3) is 0.562. The standard InChI is InChI=1S/C16H24N2O/c1-13-5-7-14(8-6-13)12-16(19)18-11-9-15-4-2-3-10-17-15/h5-8,15,17H,2-4,9-12H2,1H3,(H,18,19). The van der Waals surface area contributed by atoms with Gasteiger partial charge in [-0.15, -0.1) is 0 Å². The summed E-state index contributed by atoms with van der Waals surface area (Å²) in [6.45, 7) is 3.96. The van der Waals surface area contributed by atoms with E-state index in [9.17, 15) is 4.79 Å². The highest BCUT2D eigenvalue weighted by atomic mass is 16.1. The third-order valence-corrected chi connectivity index (χ3v) is 3.71. The first-order valence-electron chi connectivity index (χ1n) is 7.29. The van der Waals surface area contributed by atoms with Gasteiger partial charge in [-0.3, -0.25) is 4.79 Å². The van der Waals surface area contributed by atoms with Crippen molar-refractivity contribution >= 4 is 5.91 Å². The van der Waals surface area contributed by atoms with Crippen molar-refractivity contribution in [3.05, 3.63) is 35.4 Å². The summed E-state index contributed by atoms with van der Waals surface area (Å²) in [5.74, 6) is 0.125. The van der Waals surface area contributed by atoms with Gasteiger partial charge >= 0.3 is 0 Å². The summed E-state index contributed by atoms with van der Waals surface area (Å²) >= 11 is 0. The number of nitrogens with one attached hydrogen (secondary N) is 2. The third-order valence-electron chi connectivity index (χ3n) is 3.71. The van der Waals surface area contributed by atoms with Crippen LogP contribution in [-0.4, -0.2) is 25.0 Å². The number of rotatable bonds is 5. The minimum Gasteiger partial charge on any atom is -0.356 e. The Bertz CT molecular complexity index is 394. The average Bonchev–Trinajstić information content (AvgIpc) is 2.43. The zero-order chi connectivity index (χ0) is 13.5. The summed E-state index contributed by atoms with van der Waals surface area (Å²) in [7, 11) is 0. The number of aryl methyl sites for hydroxylation is 1. The monoisotopic (exact) mass is 260 g/mol. The number of carbonyl (C=O) groups excluding carboxylic acids is 1. The first-order valence-corrected chi connectivity index (χ1v) is 7.29. The van der Waals surface area contributed by atoms with Gasteiger partial charge in [-0.05, 0) is 38.3 Å². The van der Waals surface area contributed by atoms with Crippen LogP contribution in [-0.2, 0) is 11.2 Å². The fourth-order valence-electron chi connectivity index (χ4n) is 2.51. The Morgan fingerprint density at radius 2 is 2.11 bits per heavy atom. The van der Waals surface area contributed by atoms with Gasteiger partial charge in [0, 0.05) is 12.6 Å². The van der Waals surface area contributed by atoms with Crippen molar-refractivity contribution in [2.75, 3.05) is 13.1 Å². The molecular weight excluding hydrogens is 236 g/mol. The molecule has 1 saturated heterocycles. The molecule has 19 heavy (non-hydrogen) atoms. The largest absolute Gasteiger partial charge is 0.356 e. The summed E-state index contributed by atoms with van der Waals surface area (Å²) in [4.78, 5) is 11.8. The van der Waals surface area contributed by atoms with Crippen molar-refractivity contribution in [1.29, 1.82) is 0 Å². The molecule has 0 radical (unpaired) electrons. The van der Waals surface area contributed by atoms with Gasteiger partial charge in [0.1, 0.15) is 0 Å². The fourth-order valence-corrected chi connectivity index (χ4v) is 2.51. The summed E-state index contributed by atoms with van der Waals surface area (Å²) in [5.41, 5.74) is 2.31. The quantitative estimate of drug-likeness (QED) is 0.852. The lowest BCUT2D eigenvalue weighted by Crippen LogP contribution is -2.37. The SMILES string of the molecule is Cc1ccc(CC(=O)NCCC2CCCCN2)cc1. The first kappa shape index (κ1) is 14.1. The Hall–Kier alpha value is -1.35. The van der Waals surface area contributed by atoms with E-state index in [0.29, 0.717) is 12.5 Å².